The molecule has 0 spiro atoms. The molecule has 0 radical (unpaired) electrons. The van der Waals surface area contributed by atoms with E-state index in [4.69, 9.17) is 23.7 Å². The van der Waals surface area contributed by atoms with Gasteiger partial charge >= 0.3 is 11.9 Å². The van der Waals surface area contributed by atoms with Crippen molar-refractivity contribution in [3.8, 4) is 5.69 Å². The average Bonchev–Trinajstić information content (AvgIpc) is 3.95. The molecule has 0 aliphatic carbocycles. The van der Waals surface area contributed by atoms with Crippen LogP contribution in [0.5, 0.6) is 0 Å². The van der Waals surface area contributed by atoms with Crippen LogP contribution < -0.4 is 10.5 Å². The van der Waals surface area contributed by atoms with Crippen molar-refractivity contribution in [2.24, 2.45) is 7.05 Å². The lowest BCUT2D eigenvalue weighted by Gasteiger charge is -2.43. The molecule has 2 aliphatic rings. The second-order valence-corrected chi connectivity index (χ2v) is 14.5. The van der Waals surface area contributed by atoms with Crippen LogP contribution in [0.15, 0.2) is 109 Å². The standard InChI is InChI=1S/C18H18N2O4.C17H19NO3.C14H22O7/c1-4-12-24-18(23)16(21)11-10-15-13(2)19(3)20(17(15)22)14-8-6-5-7-9-14;1-2-13-21-17(20)16(19)10-7-14-5-8-15(9-6-14)18-11-3-4-12-18;1-8(15)9(16)6-7-10-11(17-2)12(18-3)13(19-4)14(20-5)21-10/h4-11H,1,12H2,2-3H3;2,5-10H,1,3-4,11-13H2;6-7,10-14H,1-5H3/b11-10+;10-7+;7-6+/t;;10-,11-,12+,13+,14+/m..0/s1. The highest BCUT2D eigenvalue weighted by Crippen LogP contribution is 2.28. The lowest BCUT2D eigenvalue weighted by Crippen LogP contribution is -2.59. The number of nitrogens with zero attached hydrogens (tertiary/aromatic N) is 3. The minimum atomic E-state index is -0.983. The minimum Gasteiger partial charge on any atom is -0.455 e. The number of aromatic nitrogens is 2. The highest BCUT2D eigenvalue weighted by atomic mass is 16.7. The van der Waals surface area contributed by atoms with E-state index in [1.54, 1.807) is 24.7 Å². The third-order valence-corrected chi connectivity index (χ3v) is 10.2. The van der Waals surface area contributed by atoms with Gasteiger partial charge in [0, 0.05) is 66.9 Å². The van der Waals surface area contributed by atoms with Gasteiger partial charge < -0.3 is 38.1 Å². The van der Waals surface area contributed by atoms with Gasteiger partial charge in [0.2, 0.25) is 5.78 Å². The number of hydrogen-bond donors (Lipinski definition) is 0. The van der Waals surface area contributed by atoms with E-state index < -0.39 is 65.8 Å². The van der Waals surface area contributed by atoms with E-state index in [1.807, 2.05) is 54.6 Å². The Hall–Kier alpha value is -6.63. The summed E-state index contributed by atoms with van der Waals surface area (Å²) in [5.41, 5.74) is 3.52. The molecule has 17 heteroatoms. The third kappa shape index (κ3) is 15.2. The molecule has 3 heterocycles. The first-order valence-corrected chi connectivity index (χ1v) is 20.9. The highest BCUT2D eigenvalue weighted by Gasteiger charge is 2.46. The first-order chi connectivity index (χ1) is 31.7. The first-order valence-electron chi connectivity index (χ1n) is 20.9. The molecule has 66 heavy (non-hydrogen) atoms. The number of carbonyl (C=O) groups excluding carboxylic acids is 6. The van der Waals surface area contributed by atoms with Crippen LogP contribution in [0.3, 0.4) is 0 Å². The minimum absolute atomic E-state index is 0.0381. The third-order valence-electron chi connectivity index (χ3n) is 10.2. The summed E-state index contributed by atoms with van der Waals surface area (Å²) in [6.45, 7) is 12.0. The van der Waals surface area contributed by atoms with Crippen LogP contribution in [0.4, 0.5) is 5.69 Å². The van der Waals surface area contributed by atoms with E-state index in [2.05, 4.69) is 27.5 Å². The zero-order valence-corrected chi connectivity index (χ0v) is 38.4. The number of methoxy groups -OCH3 is 4. The lowest BCUT2D eigenvalue weighted by atomic mass is 9.97. The Kier molecular flexibility index (Phi) is 22.5. The lowest BCUT2D eigenvalue weighted by molar-refractivity contribution is -0.293. The monoisotopic (exact) mass is 913 g/mol. The molecular formula is C49H59N3O14. The number of anilines is 1. The van der Waals surface area contributed by atoms with Gasteiger partial charge in [-0.3, -0.25) is 28.7 Å². The Balaban J connectivity index is 0.000000264. The molecule has 2 aliphatic heterocycles. The summed E-state index contributed by atoms with van der Waals surface area (Å²) in [7, 11) is 7.79. The zero-order chi connectivity index (χ0) is 48.8. The van der Waals surface area contributed by atoms with Crippen molar-refractivity contribution in [1.29, 1.82) is 0 Å². The molecule has 0 bridgehead atoms. The van der Waals surface area contributed by atoms with Crippen LogP contribution in [-0.2, 0) is 69.0 Å². The maximum atomic E-state index is 12.6. The van der Waals surface area contributed by atoms with Crippen LogP contribution in [-0.4, -0.2) is 130 Å². The van der Waals surface area contributed by atoms with Gasteiger partial charge in [0.25, 0.3) is 17.1 Å². The van der Waals surface area contributed by atoms with E-state index >= 15 is 0 Å². The second-order valence-electron chi connectivity index (χ2n) is 14.5. The topological polar surface area (TPSA) is 197 Å². The summed E-state index contributed by atoms with van der Waals surface area (Å²) in [6.07, 6.45) is 10.5. The van der Waals surface area contributed by atoms with E-state index in [-0.39, 0.29) is 18.8 Å². The number of hydrogen-bond acceptors (Lipinski definition) is 15. The SMILES string of the molecule is C=CCOC(=O)C(=O)/C=C/c1c(C)n(C)n(-c2ccccc2)c1=O.C=CCOC(=O)C(=O)/C=C/c1ccc(N2CCCC2)cc1.CO[C@@H]1O[C@@H](/C=C/C(=O)C(C)=O)[C@H](OC)[C@@H](OC)[C@H]1OC. The smallest absolute Gasteiger partial charge is 0.379 e. The number of allylic oxidation sites excluding steroid dienone is 1. The van der Waals surface area contributed by atoms with Crippen LogP contribution >= 0.6 is 0 Å². The maximum Gasteiger partial charge on any atom is 0.379 e. The molecule has 1 aromatic heterocycles. The fourth-order valence-electron chi connectivity index (χ4n) is 6.70. The van der Waals surface area contributed by atoms with Crippen LogP contribution in [0.25, 0.3) is 17.8 Å². The summed E-state index contributed by atoms with van der Waals surface area (Å²) < 4.78 is 39.6. The number of benzene rings is 2. The zero-order valence-electron chi connectivity index (χ0n) is 38.4. The van der Waals surface area contributed by atoms with Gasteiger partial charge in [-0.2, -0.15) is 0 Å². The van der Waals surface area contributed by atoms with E-state index in [9.17, 15) is 33.6 Å². The summed E-state index contributed by atoms with van der Waals surface area (Å²) in [5, 5.41) is 0. The van der Waals surface area contributed by atoms with Gasteiger partial charge in [-0.25, -0.2) is 14.3 Å². The predicted molar refractivity (Wildman–Crippen MR) is 247 cm³/mol. The largest absolute Gasteiger partial charge is 0.455 e. The number of ether oxygens (including phenoxy) is 7. The molecule has 3 aromatic rings. The highest BCUT2D eigenvalue weighted by molar-refractivity contribution is 6.41. The fraction of sp³-hybridized carbons (Fsp3) is 0.367. The summed E-state index contributed by atoms with van der Waals surface area (Å²) in [4.78, 5) is 83.2. The average molecular weight is 914 g/mol. The molecule has 2 fully saturated rings. The fourth-order valence-corrected chi connectivity index (χ4v) is 6.70. The Morgan fingerprint density at radius 2 is 1.24 bits per heavy atom. The number of rotatable bonds is 19. The van der Waals surface area contributed by atoms with Gasteiger partial charge in [-0.15, -0.1) is 0 Å². The predicted octanol–water partition coefficient (Wildman–Crippen LogP) is 4.51. The van der Waals surface area contributed by atoms with Crippen LogP contribution in [0.1, 0.15) is 36.6 Å². The van der Waals surface area contributed by atoms with Gasteiger partial charge in [0.1, 0.15) is 37.6 Å². The van der Waals surface area contributed by atoms with Gasteiger partial charge in [-0.05, 0) is 80.0 Å². The molecule has 5 atom stereocenters. The van der Waals surface area contributed by atoms with Crippen LogP contribution in [0.2, 0.25) is 0 Å². The molecule has 2 aromatic carbocycles. The van der Waals surface area contributed by atoms with Gasteiger partial charge in [-0.1, -0.05) is 61.7 Å². The van der Waals surface area contributed by atoms with Crippen molar-refractivity contribution in [1.82, 2.24) is 9.36 Å². The molecule has 354 valence electrons. The van der Waals surface area contributed by atoms with Gasteiger partial charge in [0.05, 0.1) is 11.3 Å². The molecule has 0 unspecified atom stereocenters. The van der Waals surface area contributed by atoms with E-state index in [0.717, 1.165) is 24.7 Å². The summed E-state index contributed by atoms with van der Waals surface area (Å²) in [6, 6.07) is 17.1. The van der Waals surface area contributed by atoms with E-state index in [0.29, 0.717) is 16.9 Å². The number of Topliss-reactive ketones (excluding diaryl/α,β-unsaturated/α-hetero) is 1. The maximum absolute atomic E-state index is 12.6. The number of para-hydroxylation sites is 1. The molecular weight excluding hydrogens is 855 g/mol. The molecule has 5 rings (SSSR count). The van der Waals surface area contributed by atoms with Crippen molar-refractivity contribution < 1.29 is 61.9 Å². The summed E-state index contributed by atoms with van der Waals surface area (Å²) in [5.74, 6) is -4.49. The normalized spacial score (nSPS) is 19.1. The molecule has 17 nitrogen and oxygen atoms in total. The Bertz CT molecular complexity index is 2280. The summed E-state index contributed by atoms with van der Waals surface area (Å²) >= 11 is 0. The Morgan fingerprint density at radius 3 is 1.74 bits per heavy atom. The first kappa shape index (κ1) is 53.7. The Morgan fingerprint density at radius 1 is 0.697 bits per heavy atom. The molecule has 0 amide bonds. The number of ketones is 4. The number of carbonyl (C=O) groups is 6. The van der Waals surface area contributed by atoms with Crippen LogP contribution in [0, 0.1) is 6.92 Å². The van der Waals surface area contributed by atoms with Gasteiger partial charge in [0.15, 0.2) is 12.1 Å². The Labute approximate surface area is 384 Å². The van der Waals surface area contributed by atoms with Crippen molar-refractivity contribution >= 4 is 52.9 Å². The van der Waals surface area contributed by atoms with Crippen molar-refractivity contribution in [2.75, 3.05) is 59.6 Å². The number of esters is 2. The van der Waals surface area contributed by atoms with E-state index in [1.165, 1.54) is 95.0 Å². The van der Waals surface area contributed by atoms with Crippen molar-refractivity contribution in [3.63, 3.8) is 0 Å². The molecule has 0 saturated carbocycles. The molecule has 0 N–H and O–H groups in total. The quantitative estimate of drug-likeness (QED) is 0.0705. The second kappa shape index (κ2) is 27.6. The van der Waals surface area contributed by atoms with Crippen molar-refractivity contribution in [2.45, 2.75) is 57.4 Å². The van der Waals surface area contributed by atoms with Crippen molar-refractivity contribution in [3.05, 3.63) is 131 Å². The molecule has 2 saturated heterocycles.